The van der Waals surface area contributed by atoms with Crippen molar-refractivity contribution in [2.75, 3.05) is 0 Å². The van der Waals surface area contributed by atoms with Gasteiger partial charge in [0.25, 0.3) is 5.91 Å². The fourth-order valence-corrected chi connectivity index (χ4v) is 5.37. The molecule has 4 heterocycles. The average molecular weight is 482 g/mol. The summed E-state index contributed by atoms with van der Waals surface area (Å²) in [6.07, 6.45) is 4.14. The molecule has 2 aromatic heterocycles. The Morgan fingerprint density at radius 3 is 2.71 bits per heavy atom. The van der Waals surface area contributed by atoms with Crippen molar-refractivity contribution in [2.45, 2.75) is 51.2 Å². The third-order valence-electron chi connectivity index (χ3n) is 6.77. The quantitative estimate of drug-likeness (QED) is 0.569. The van der Waals surface area contributed by atoms with Gasteiger partial charge in [0.05, 0.1) is 11.9 Å². The first-order valence-electron chi connectivity index (χ1n) is 11.4. The molecule has 2 fully saturated rings. The van der Waals surface area contributed by atoms with Gasteiger partial charge in [-0.05, 0) is 62.4 Å². The van der Waals surface area contributed by atoms with E-state index in [9.17, 15) is 14.0 Å². The Morgan fingerprint density at radius 1 is 1.21 bits per heavy atom. The molecule has 2 N–H and O–H groups in total. The molecule has 2 bridgehead atoms. The number of nitrogens with one attached hydrogen (secondary N) is 2. The number of pyridine rings is 1. The van der Waals surface area contributed by atoms with Gasteiger partial charge in [-0.1, -0.05) is 23.7 Å². The summed E-state index contributed by atoms with van der Waals surface area (Å²) in [6, 6.07) is 10.6. The molecular weight excluding hydrogens is 457 g/mol. The molecule has 34 heavy (non-hydrogen) atoms. The standard InChI is InChI=1S/C25H25ClFN5O2/c1-14-7-20(21(27)13-28-14)22-11-23(31-30-22)25(34)32-18-5-6-19(32)10-16(9-18)24(33)29-12-15-3-2-4-17(26)8-15/h2-4,7-8,11,13,16,18-19H,5-6,9-10,12H2,1H3,(H,29,33)(H,30,31)/t16-,18-,19+. The number of rotatable bonds is 5. The normalized spacial score (nSPS) is 21.5. The number of piperidine rings is 1. The maximum atomic E-state index is 14.2. The number of aromatic nitrogens is 3. The lowest BCUT2D eigenvalue weighted by Gasteiger charge is -2.38. The number of halogens is 2. The minimum Gasteiger partial charge on any atom is -0.352 e. The molecule has 0 unspecified atom stereocenters. The monoisotopic (exact) mass is 481 g/mol. The van der Waals surface area contributed by atoms with E-state index in [1.807, 2.05) is 23.1 Å². The molecule has 0 radical (unpaired) electrons. The smallest absolute Gasteiger partial charge is 0.274 e. The maximum absolute atomic E-state index is 14.2. The number of carbonyl (C=O) groups excluding carboxylic acids is 2. The van der Waals surface area contributed by atoms with Crippen LogP contribution in [0.1, 0.15) is 47.4 Å². The molecule has 0 spiro atoms. The number of carbonyl (C=O) groups is 2. The fourth-order valence-electron chi connectivity index (χ4n) is 5.15. The van der Waals surface area contributed by atoms with E-state index in [1.165, 1.54) is 0 Å². The first-order valence-corrected chi connectivity index (χ1v) is 11.8. The van der Waals surface area contributed by atoms with E-state index in [4.69, 9.17) is 11.6 Å². The molecule has 2 saturated heterocycles. The predicted molar refractivity (Wildman–Crippen MR) is 126 cm³/mol. The Morgan fingerprint density at radius 2 is 1.97 bits per heavy atom. The van der Waals surface area contributed by atoms with Crippen LogP contribution in [-0.2, 0) is 11.3 Å². The second-order valence-corrected chi connectivity index (χ2v) is 9.52. The zero-order valence-electron chi connectivity index (χ0n) is 18.7. The molecular formula is C25H25ClFN5O2. The van der Waals surface area contributed by atoms with Crippen molar-refractivity contribution >= 4 is 23.4 Å². The van der Waals surface area contributed by atoms with Crippen LogP contribution < -0.4 is 5.32 Å². The van der Waals surface area contributed by atoms with Crippen molar-refractivity contribution in [1.29, 1.82) is 0 Å². The second kappa shape index (κ2) is 9.18. The number of hydrogen-bond acceptors (Lipinski definition) is 4. The SMILES string of the molecule is Cc1cc(-c2cc(C(=O)N3[C@@H]4CC[C@H]3C[C@H](C(=O)NCc3cccc(Cl)c3)C4)n[nH]2)c(F)cn1. The number of fused-ring (bicyclic) bond motifs is 2. The lowest BCUT2D eigenvalue weighted by atomic mass is 9.89. The van der Waals surface area contributed by atoms with Gasteiger partial charge >= 0.3 is 0 Å². The molecule has 2 aliphatic heterocycles. The van der Waals surface area contributed by atoms with E-state index < -0.39 is 5.82 Å². The van der Waals surface area contributed by atoms with E-state index in [0.717, 1.165) is 24.6 Å². The summed E-state index contributed by atoms with van der Waals surface area (Å²) in [4.78, 5) is 31.9. The number of amides is 2. The van der Waals surface area contributed by atoms with E-state index in [0.29, 0.717) is 41.4 Å². The fraction of sp³-hybridized carbons (Fsp3) is 0.360. The van der Waals surface area contributed by atoms with Crippen LogP contribution in [0.25, 0.3) is 11.3 Å². The van der Waals surface area contributed by atoms with Crippen molar-refractivity contribution < 1.29 is 14.0 Å². The van der Waals surface area contributed by atoms with Crippen molar-refractivity contribution in [3.8, 4) is 11.3 Å². The average Bonchev–Trinajstić information content (AvgIpc) is 3.41. The van der Waals surface area contributed by atoms with Crippen LogP contribution in [0.2, 0.25) is 5.02 Å². The molecule has 9 heteroatoms. The van der Waals surface area contributed by atoms with E-state index in [2.05, 4.69) is 20.5 Å². The predicted octanol–water partition coefficient (Wildman–Crippen LogP) is 4.27. The molecule has 0 saturated carbocycles. The van der Waals surface area contributed by atoms with Crippen LogP contribution in [0.4, 0.5) is 4.39 Å². The minimum atomic E-state index is -0.474. The van der Waals surface area contributed by atoms with E-state index >= 15 is 0 Å². The number of aryl methyl sites for hydroxylation is 1. The molecule has 3 atom stereocenters. The van der Waals surface area contributed by atoms with Crippen LogP contribution >= 0.6 is 11.6 Å². The largest absolute Gasteiger partial charge is 0.352 e. The molecule has 176 valence electrons. The Bertz CT molecular complexity index is 1230. The Labute approximate surface area is 201 Å². The highest BCUT2D eigenvalue weighted by atomic mass is 35.5. The minimum absolute atomic E-state index is 0.00627. The highest BCUT2D eigenvalue weighted by molar-refractivity contribution is 6.30. The van der Waals surface area contributed by atoms with Gasteiger partial charge < -0.3 is 10.2 Å². The molecule has 1 aromatic carbocycles. The zero-order valence-corrected chi connectivity index (χ0v) is 19.5. The van der Waals surface area contributed by atoms with Crippen molar-refractivity contribution in [3.63, 3.8) is 0 Å². The summed E-state index contributed by atoms with van der Waals surface area (Å²) >= 11 is 6.02. The molecule has 2 aliphatic rings. The molecule has 3 aromatic rings. The van der Waals surface area contributed by atoms with Gasteiger partial charge in [-0.15, -0.1) is 0 Å². The Kier molecular flexibility index (Phi) is 6.08. The highest BCUT2D eigenvalue weighted by Gasteiger charge is 2.45. The van der Waals surface area contributed by atoms with Crippen molar-refractivity contribution in [2.24, 2.45) is 5.92 Å². The Hall–Kier alpha value is -3.26. The second-order valence-electron chi connectivity index (χ2n) is 9.09. The summed E-state index contributed by atoms with van der Waals surface area (Å²) in [7, 11) is 0. The lowest BCUT2D eigenvalue weighted by Crippen LogP contribution is -2.49. The van der Waals surface area contributed by atoms with E-state index in [-0.39, 0.29) is 35.5 Å². The van der Waals surface area contributed by atoms with Crippen LogP contribution in [0.3, 0.4) is 0 Å². The molecule has 2 amide bonds. The van der Waals surface area contributed by atoms with Gasteiger partial charge in [0.1, 0.15) is 0 Å². The van der Waals surface area contributed by atoms with Crippen LogP contribution in [-0.4, -0.2) is 44.0 Å². The first-order chi connectivity index (χ1) is 16.4. The molecule has 7 nitrogen and oxygen atoms in total. The van der Waals surface area contributed by atoms with Crippen LogP contribution in [0.15, 0.2) is 42.6 Å². The van der Waals surface area contributed by atoms with Gasteiger partial charge in [-0.3, -0.25) is 19.7 Å². The van der Waals surface area contributed by atoms with Crippen LogP contribution in [0.5, 0.6) is 0 Å². The van der Waals surface area contributed by atoms with Gasteiger partial charge in [0.15, 0.2) is 11.5 Å². The zero-order chi connectivity index (χ0) is 23.8. The van der Waals surface area contributed by atoms with Crippen molar-refractivity contribution in [3.05, 3.63) is 70.4 Å². The number of aromatic amines is 1. The molecule has 5 rings (SSSR count). The highest BCUT2D eigenvalue weighted by Crippen LogP contribution is 2.39. The van der Waals surface area contributed by atoms with Crippen LogP contribution in [0, 0.1) is 18.7 Å². The third kappa shape index (κ3) is 4.42. The number of hydrogen-bond donors (Lipinski definition) is 2. The Balaban J connectivity index is 1.25. The third-order valence-corrected chi connectivity index (χ3v) is 7.01. The summed E-state index contributed by atoms with van der Waals surface area (Å²) in [5.41, 5.74) is 2.65. The van der Waals surface area contributed by atoms with E-state index in [1.54, 1.807) is 25.1 Å². The first kappa shape index (κ1) is 22.5. The van der Waals surface area contributed by atoms with Crippen molar-refractivity contribution in [1.82, 2.24) is 25.4 Å². The number of nitrogens with zero attached hydrogens (tertiary/aromatic N) is 3. The van der Waals surface area contributed by atoms with Gasteiger partial charge in [-0.25, -0.2) is 4.39 Å². The van der Waals surface area contributed by atoms with Gasteiger partial charge in [0, 0.05) is 40.8 Å². The molecule has 0 aliphatic carbocycles. The summed E-state index contributed by atoms with van der Waals surface area (Å²) in [5.74, 6) is -0.782. The number of benzene rings is 1. The summed E-state index contributed by atoms with van der Waals surface area (Å²) in [5, 5.41) is 10.6. The summed E-state index contributed by atoms with van der Waals surface area (Å²) in [6.45, 7) is 2.20. The number of H-pyrrole nitrogens is 1. The topological polar surface area (TPSA) is 91.0 Å². The van der Waals surface area contributed by atoms with Gasteiger partial charge in [-0.2, -0.15) is 5.10 Å². The van der Waals surface area contributed by atoms with Gasteiger partial charge in [0.2, 0.25) is 5.91 Å². The maximum Gasteiger partial charge on any atom is 0.274 e. The summed E-state index contributed by atoms with van der Waals surface area (Å²) < 4.78 is 14.2. The lowest BCUT2D eigenvalue weighted by molar-refractivity contribution is -0.127.